The molecule has 0 saturated heterocycles. The number of alkyl halides is 1. The predicted molar refractivity (Wildman–Crippen MR) is 87.5 cm³/mol. The van der Waals surface area contributed by atoms with Crippen molar-refractivity contribution in [3.05, 3.63) is 45.0 Å². The quantitative estimate of drug-likeness (QED) is 0.618. The van der Waals surface area contributed by atoms with Crippen LogP contribution in [0.15, 0.2) is 34.2 Å². The van der Waals surface area contributed by atoms with Gasteiger partial charge in [0.25, 0.3) is 0 Å². The van der Waals surface area contributed by atoms with Crippen molar-refractivity contribution in [1.82, 2.24) is 14.5 Å². The molecule has 3 aromatic heterocycles. The molecule has 6 heteroatoms. The average molecular weight is 371 g/mol. The lowest BCUT2D eigenvalue weighted by atomic mass is 10.2. The third-order valence-electron chi connectivity index (χ3n) is 3.21. The highest BCUT2D eigenvalue weighted by atomic mass is 79.9. The van der Waals surface area contributed by atoms with Crippen molar-refractivity contribution in [3.8, 4) is 0 Å². The van der Waals surface area contributed by atoms with Gasteiger partial charge in [-0.2, -0.15) is 0 Å². The maximum Gasteiger partial charge on any atom is 0.160 e. The van der Waals surface area contributed by atoms with Gasteiger partial charge in [0.2, 0.25) is 0 Å². The Kier molecular flexibility index (Phi) is 4.10. The monoisotopic (exact) mass is 369 g/mol. The van der Waals surface area contributed by atoms with Crippen LogP contribution in [0.2, 0.25) is 0 Å². The zero-order valence-corrected chi connectivity index (χ0v) is 14.0. The van der Waals surface area contributed by atoms with Crippen molar-refractivity contribution >= 4 is 50.0 Å². The molecule has 0 amide bonds. The number of halogens is 2. The van der Waals surface area contributed by atoms with E-state index in [1.54, 1.807) is 17.5 Å². The van der Waals surface area contributed by atoms with E-state index in [1.165, 1.54) is 4.88 Å². The van der Waals surface area contributed by atoms with E-state index in [2.05, 4.69) is 54.9 Å². The van der Waals surface area contributed by atoms with Crippen LogP contribution in [-0.2, 0) is 12.3 Å². The summed E-state index contributed by atoms with van der Waals surface area (Å²) in [7, 11) is 0. The highest BCUT2D eigenvalue weighted by molar-refractivity contribution is 9.10. The van der Waals surface area contributed by atoms with Crippen molar-refractivity contribution in [2.24, 2.45) is 0 Å². The number of aromatic nitrogens is 3. The van der Waals surface area contributed by atoms with Gasteiger partial charge in [0, 0.05) is 28.0 Å². The van der Waals surface area contributed by atoms with Crippen LogP contribution in [0.1, 0.15) is 23.7 Å². The Morgan fingerprint density at radius 3 is 3.05 bits per heavy atom. The summed E-state index contributed by atoms with van der Waals surface area (Å²) in [4.78, 5) is 10.4. The Morgan fingerprint density at radius 2 is 2.35 bits per heavy atom. The third kappa shape index (κ3) is 2.62. The lowest BCUT2D eigenvalue weighted by Crippen LogP contribution is -2.11. The molecule has 0 radical (unpaired) electrons. The molecule has 0 saturated carbocycles. The Balaban J connectivity index is 2.04. The van der Waals surface area contributed by atoms with E-state index in [-0.39, 0.29) is 6.04 Å². The van der Waals surface area contributed by atoms with E-state index >= 15 is 0 Å². The lowest BCUT2D eigenvalue weighted by molar-refractivity contribution is 0.544. The number of imidazole rings is 1. The normalized spacial score (nSPS) is 12.9. The second kappa shape index (κ2) is 5.84. The minimum atomic E-state index is 0.279. The topological polar surface area (TPSA) is 30.7 Å². The first-order valence-electron chi connectivity index (χ1n) is 6.29. The molecule has 0 spiro atoms. The molecule has 3 aromatic rings. The third-order valence-corrected chi connectivity index (χ3v) is 4.78. The molecular weight excluding hydrogens is 358 g/mol. The van der Waals surface area contributed by atoms with Crippen LogP contribution in [0.3, 0.4) is 0 Å². The van der Waals surface area contributed by atoms with Crippen molar-refractivity contribution in [3.63, 3.8) is 0 Å². The number of fused-ring (bicyclic) bond motifs is 1. The summed E-state index contributed by atoms with van der Waals surface area (Å²) >= 11 is 11.3. The van der Waals surface area contributed by atoms with Gasteiger partial charge < -0.3 is 4.57 Å². The summed E-state index contributed by atoms with van der Waals surface area (Å²) in [6.45, 7) is 2.18. The van der Waals surface area contributed by atoms with E-state index in [0.29, 0.717) is 5.88 Å². The van der Waals surface area contributed by atoms with Crippen LogP contribution in [0.5, 0.6) is 0 Å². The number of rotatable bonds is 4. The molecule has 0 aliphatic heterocycles. The van der Waals surface area contributed by atoms with Crippen LogP contribution < -0.4 is 0 Å². The molecule has 0 aromatic carbocycles. The minimum absolute atomic E-state index is 0.279. The zero-order valence-electron chi connectivity index (χ0n) is 10.9. The van der Waals surface area contributed by atoms with Crippen molar-refractivity contribution in [2.45, 2.75) is 25.3 Å². The summed E-state index contributed by atoms with van der Waals surface area (Å²) < 4.78 is 3.08. The Hall–Kier alpha value is -0.910. The van der Waals surface area contributed by atoms with E-state index in [4.69, 9.17) is 11.6 Å². The van der Waals surface area contributed by atoms with Gasteiger partial charge in [-0.05, 0) is 40.4 Å². The fourth-order valence-corrected chi connectivity index (χ4v) is 3.71. The van der Waals surface area contributed by atoms with Gasteiger partial charge >= 0.3 is 0 Å². The van der Waals surface area contributed by atoms with E-state index in [9.17, 15) is 0 Å². The first kappa shape index (κ1) is 14.0. The van der Waals surface area contributed by atoms with Gasteiger partial charge in [0.05, 0.1) is 5.88 Å². The highest BCUT2D eigenvalue weighted by Crippen LogP contribution is 2.26. The van der Waals surface area contributed by atoms with E-state index in [0.717, 1.165) is 27.9 Å². The molecule has 0 N–H and O–H groups in total. The fraction of sp³-hybridized carbons (Fsp3) is 0.286. The SMILES string of the molecule is CC(Cc1cccs1)n1c(CCl)nc2cc(Br)cnc21. The Labute approximate surface area is 134 Å². The lowest BCUT2D eigenvalue weighted by Gasteiger charge is -2.15. The zero-order chi connectivity index (χ0) is 14.1. The van der Waals surface area contributed by atoms with Crippen LogP contribution in [-0.4, -0.2) is 14.5 Å². The van der Waals surface area contributed by atoms with Crippen LogP contribution >= 0.6 is 38.9 Å². The number of nitrogens with zero attached hydrogens (tertiary/aromatic N) is 3. The van der Waals surface area contributed by atoms with Gasteiger partial charge in [-0.1, -0.05) is 6.07 Å². The van der Waals surface area contributed by atoms with Gasteiger partial charge in [0.15, 0.2) is 5.65 Å². The number of hydrogen-bond donors (Lipinski definition) is 0. The van der Waals surface area contributed by atoms with Crippen molar-refractivity contribution < 1.29 is 0 Å². The average Bonchev–Trinajstić information content (AvgIpc) is 3.04. The highest BCUT2D eigenvalue weighted by Gasteiger charge is 2.17. The Morgan fingerprint density at radius 1 is 1.50 bits per heavy atom. The standard InChI is InChI=1S/C14H13BrClN3S/c1-9(5-11-3-2-4-20-11)19-13(7-16)18-12-6-10(15)8-17-14(12)19/h2-4,6,8-9H,5,7H2,1H3. The summed E-state index contributed by atoms with van der Waals surface area (Å²) in [6.07, 6.45) is 2.77. The van der Waals surface area contributed by atoms with Crippen molar-refractivity contribution in [2.75, 3.05) is 0 Å². The second-order valence-electron chi connectivity index (χ2n) is 4.66. The smallest absolute Gasteiger partial charge is 0.160 e. The largest absolute Gasteiger partial charge is 0.308 e. The first-order chi connectivity index (χ1) is 9.69. The molecule has 20 heavy (non-hydrogen) atoms. The molecule has 0 aliphatic carbocycles. The summed E-state index contributed by atoms with van der Waals surface area (Å²) in [5, 5.41) is 2.10. The molecule has 0 bridgehead atoms. The maximum absolute atomic E-state index is 6.05. The molecule has 1 atom stereocenters. The van der Waals surface area contributed by atoms with Gasteiger partial charge in [-0.3, -0.25) is 0 Å². The van der Waals surface area contributed by atoms with Gasteiger partial charge in [-0.25, -0.2) is 9.97 Å². The molecule has 3 heterocycles. The van der Waals surface area contributed by atoms with Crippen molar-refractivity contribution in [1.29, 1.82) is 0 Å². The molecule has 104 valence electrons. The second-order valence-corrected chi connectivity index (χ2v) is 6.88. The van der Waals surface area contributed by atoms with Crippen LogP contribution in [0, 0.1) is 0 Å². The number of pyridine rings is 1. The fourth-order valence-electron chi connectivity index (χ4n) is 2.37. The summed E-state index contributed by atoms with van der Waals surface area (Å²) in [5.74, 6) is 1.26. The van der Waals surface area contributed by atoms with Crippen LogP contribution in [0.25, 0.3) is 11.2 Å². The maximum atomic E-state index is 6.05. The summed E-state index contributed by atoms with van der Waals surface area (Å²) in [5.41, 5.74) is 1.78. The van der Waals surface area contributed by atoms with Gasteiger partial charge in [-0.15, -0.1) is 22.9 Å². The minimum Gasteiger partial charge on any atom is -0.308 e. The number of thiophene rings is 1. The van der Waals surface area contributed by atoms with E-state index in [1.807, 2.05) is 6.07 Å². The Bertz CT molecular complexity index is 723. The molecule has 1 unspecified atom stereocenters. The molecule has 0 fully saturated rings. The summed E-state index contributed by atoms with van der Waals surface area (Å²) in [6, 6.07) is 6.50. The molecule has 3 nitrogen and oxygen atoms in total. The van der Waals surface area contributed by atoms with E-state index < -0.39 is 0 Å². The van der Waals surface area contributed by atoms with Crippen LogP contribution in [0.4, 0.5) is 0 Å². The van der Waals surface area contributed by atoms with Gasteiger partial charge in [0.1, 0.15) is 11.3 Å². The molecule has 3 rings (SSSR count). The number of hydrogen-bond acceptors (Lipinski definition) is 3. The first-order valence-corrected chi connectivity index (χ1v) is 8.50. The molecular formula is C14H13BrClN3S. The molecule has 0 aliphatic rings. The predicted octanol–water partition coefficient (Wildman–Crippen LogP) is 4.80.